The number of rotatable bonds is 16. The lowest BCUT2D eigenvalue weighted by Gasteiger charge is -2.45. The summed E-state index contributed by atoms with van der Waals surface area (Å²) in [6.07, 6.45) is 3.15. The van der Waals surface area contributed by atoms with E-state index in [0.29, 0.717) is 79.5 Å². The summed E-state index contributed by atoms with van der Waals surface area (Å²) in [5.41, 5.74) is 8.32. The monoisotopic (exact) mass is 1210 g/mol. The van der Waals surface area contributed by atoms with Gasteiger partial charge in [-0.05, 0) is 101 Å². The number of nitriles is 2. The molecule has 4 aromatic carbocycles. The lowest BCUT2D eigenvalue weighted by Crippen LogP contribution is -2.50. The second-order valence-electron chi connectivity index (χ2n) is 20.5. The van der Waals surface area contributed by atoms with Crippen molar-refractivity contribution in [3.63, 3.8) is 0 Å². The van der Waals surface area contributed by atoms with Crippen LogP contribution in [0.25, 0.3) is 9.69 Å². The topological polar surface area (TPSA) is 177 Å². The maximum atomic E-state index is 11.7. The molecule has 0 unspecified atom stereocenters. The molecule has 2 aromatic heterocycles. The number of anilines is 2. The van der Waals surface area contributed by atoms with Crippen LogP contribution in [-0.4, -0.2) is 95.4 Å². The fraction of sp³-hybridized carbons (Fsp3) is 0.367. The van der Waals surface area contributed by atoms with Gasteiger partial charge in [0.15, 0.2) is 8.32 Å². The molecule has 21 heteroatoms. The van der Waals surface area contributed by atoms with E-state index in [2.05, 4.69) is 93.4 Å². The van der Waals surface area contributed by atoms with Gasteiger partial charge in [-0.2, -0.15) is 18.9 Å². The van der Waals surface area contributed by atoms with Gasteiger partial charge in [-0.1, -0.05) is 124 Å². The van der Waals surface area contributed by atoms with E-state index in [1.807, 2.05) is 66.7 Å². The highest BCUT2D eigenvalue weighted by atomic mass is 35.5. The van der Waals surface area contributed by atoms with Gasteiger partial charge in [-0.3, -0.25) is 19.1 Å². The predicted molar refractivity (Wildman–Crippen MR) is 326 cm³/mol. The Balaban J connectivity index is 0.000000200. The highest BCUT2D eigenvalue weighted by Crippen LogP contribution is 2.44. The molecule has 0 amide bonds. The van der Waals surface area contributed by atoms with Gasteiger partial charge in [0.2, 0.25) is 11.4 Å². The lowest BCUT2D eigenvalue weighted by molar-refractivity contribution is 0.100. The Hall–Kier alpha value is -6.13. The Bertz CT molecular complexity index is 3310. The molecule has 0 spiro atoms. The van der Waals surface area contributed by atoms with Gasteiger partial charge in [0.25, 0.3) is 10.1 Å². The van der Waals surface area contributed by atoms with Gasteiger partial charge in [0, 0.05) is 61.7 Å². The molecule has 4 atom stereocenters. The third kappa shape index (κ3) is 16.8. The average molecular weight is 1210 g/mol. The molecule has 4 heterocycles. The van der Waals surface area contributed by atoms with Crippen LogP contribution in [0.1, 0.15) is 99.4 Å². The fourth-order valence-corrected chi connectivity index (χ4v) is 17.6. The number of hydrogen-bond donors (Lipinski definition) is 2. The quantitative estimate of drug-likeness (QED) is 0.0532. The van der Waals surface area contributed by atoms with Gasteiger partial charge < -0.3 is 24.6 Å². The molecule has 424 valence electrons. The van der Waals surface area contributed by atoms with Crippen LogP contribution in [0.2, 0.25) is 36.7 Å². The minimum atomic E-state index is -3.68. The Morgan fingerprint density at radius 1 is 0.704 bits per heavy atom. The number of nitrogens with zero attached hydrogens (tertiary/aromatic N) is 9. The zero-order valence-electron chi connectivity index (χ0n) is 46.3. The summed E-state index contributed by atoms with van der Waals surface area (Å²) < 4.78 is 35.2. The number of hydrogen-bond acceptors (Lipinski definition) is 13. The first-order valence-corrected chi connectivity index (χ1v) is 31.8. The zero-order valence-corrected chi connectivity index (χ0v) is 51.1. The van der Waals surface area contributed by atoms with Crippen molar-refractivity contribution >= 4 is 87.6 Å². The molecule has 0 radical (unpaired) electrons. The van der Waals surface area contributed by atoms with E-state index in [1.165, 1.54) is 18.0 Å². The van der Waals surface area contributed by atoms with Crippen molar-refractivity contribution in [2.24, 2.45) is 0 Å². The van der Waals surface area contributed by atoms with Crippen LogP contribution in [-0.2, 0) is 18.7 Å². The number of benzene rings is 4. The number of aliphatic hydroxyl groups is 1. The number of piperazine rings is 2. The number of pyridine rings is 2. The molecule has 81 heavy (non-hydrogen) atoms. The average Bonchev–Trinajstić information content (AvgIpc) is 3.51. The van der Waals surface area contributed by atoms with Crippen LogP contribution in [0, 0.1) is 35.8 Å². The van der Waals surface area contributed by atoms with Crippen molar-refractivity contribution in [1.29, 1.82) is 10.5 Å². The fourth-order valence-electron chi connectivity index (χ4n) is 10.7. The number of halogens is 4. The molecule has 0 bridgehead atoms. The molecular weight excluding hydrogens is 1140 g/mol. The first-order valence-electron chi connectivity index (χ1n) is 26.3. The SMILES string of the molecule is N#Cc1ccc(N2CCNC[C@H]2c2ccc(Cl)cc2)c(Cl)c1.[C-]#[N+]c1ccc([C@@H](CO)N2CCN(c3ccc(C#N)cc3Cl)[C@H](c3ccc(Cl)cc3)C2)nc1.[C-]#[N+]c1ccc([C@H](CO[Si](C(C)C)(C(C)C)C(C)C)OS(C)(=O)=O)nc1. The van der Waals surface area contributed by atoms with E-state index in [1.54, 1.807) is 42.5 Å². The van der Waals surface area contributed by atoms with Crippen molar-refractivity contribution < 1.29 is 22.1 Å². The summed E-state index contributed by atoms with van der Waals surface area (Å²) in [6, 6.07) is 37.2. The van der Waals surface area contributed by atoms with E-state index in [-0.39, 0.29) is 31.3 Å². The summed E-state index contributed by atoms with van der Waals surface area (Å²) in [4.78, 5) is 22.0. The van der Waals surface area contributed by atoms with E-state index in [9.17, 15) is 18.8 Å². The third-order valence-electron chi connectivity index (χ3n) is 14.5. The molecule has 2 aliphatic rings. The van der Waals surface area contributed by atoms with Gasteiger partial charge in [0.1, 0.15) is 6.10 Å². The van der Waals surface area contributed by atoms with Crippen molar-refractivity contribution in [1.82, 2.24) is 20.2 Å². The number of aromatic nitrogens is 2. The molecule has 6 aromatic rings. The number of nitrogens with one attached hydrogen (secondary N) is 1. The maximum absolute atomic E-state index is 11.7. The Morgan fingerprint density at radius 3 is 1.60 bits per heavy atom. The van der Waals surface area contributed by atoms with Crippen molar-refractivity contribution in [3.8, 4) is 12.1 Å². The highest BCUT2D eigenvalue weighted by molar-refractivity contribution is 7.86. The molecule has 15 nitrogen and oxygen atoms in total. The minimum absolute atomic E-state index is 0.0574. The van der Waals surface area contributed by atoms with Crippen LogP contribution >= 0.6 is 46.4 Å². The van der Waals surface area contributed by atoms with Gasteiger partial charge in [0.05, 0.1) is 107 Å². The Morgan fingerprint density at radius 2 is 1.19 bits per heavy atom. The molecule has 2 saturated heterocycles. The van der Waals surface area contributed by atoms with Crippen LogP contribution < -0.4 is 15.1 Å². The number of aliphatic hydroxyl groups excluding tert-OH is 1. The van der Waals surface area contributed by atoms with Crippen LogP contribution in [0.3, 0.4) is 0 Å². The summed E-state index contributed by atoms with van der Waals surface area (Å²) in [6.45, 7) is 31.7. The molecule has 2 fully saturated rings. The minimum Gasteiger partial charge on any atom is -0.413 e. The van der Waals surface area contributed by atoms with Crippen molar-refractivity contribution in [2.75, 3.05) is 68.5 Å². The standard InChI is InChI=1S/C25H21Cl2N5O.C18H30N2O4SSi.C17H15Cl2N3/c1-29-20-7-8-22(30-14-20)25(16-33)31-10-11-32(23-9-2-17(13-28)12-21(23)27)24(15-31)18-3-5-19(26)6-4-18;1-13(2)26(14(3)4,15(5)6)23-12-18(24-25(8,21)22)17-10-9-16(19-7)11-20-17;18-14-4-2-13(3-5-14)17-11-21-7-8-22(17)16-6-1-12(10-20)9-15(16)19/h2-9,12,14,24-25,33H,10-11,15-16H2;9-11,13-15,18H,12H2,1-6,8H3;1-6,9,17,21H,7-8,11H2/t24-,25+;18-;17-/m000/s1. The van der Waals surface area contributed by atoms with Gasteiger partial charge in [-0.25, -0.2) is 9.69 Å². The van der Waals surface area contributed by atoms with E-state index in [4.69, 9.17) is 73.4 Å². The molecule has 8 rings (SSSR count). The first kappa shape index (κ1) is 64.0. The predicted octanol–water partition coefficient (Wildman–Crippen LogP) is 14.3. The maximum Gasteiger partial charge on any atom is 0.265 e. The van der Waals surface area contributed by atoms with E-state index >= 15 is 0 Å². The second kappa shape index (κ2) is 29.7. The van der Waals surface area contributed by atoms with E-state index in [0.717, 1.165) is 53.5 Å². The smallest absolute Gasteiger partial charge is 0.265 e. The molecule has 2 N–H and O–H groups in total. The van der Waals surface area contributed by atoms with Gasteiger partial charge in [-0.15, -0.1) is 0 Å². The molecular formula is C60H66Cl4N10O5SSi. The third-order valence-corrected chi connectivity index (χ3v) is 22.3. The summed E-state index contributed by atoms with van der Waals surface area (Å²) >= 11 is 25.1. The Labute approximate surface area is 498 Å². The van der Waals surface area contributed by atoms with E-state index < -0.39 is 24.5 Å². The van der Waals surface area contributed by atoms with Gasteiger partial charge >= 0.3 is 0 Å². The molecule has 0 aliphatic carbocycles. The summed E-state index contributed by atoms with van der Waals surface area (Å²) in [5, 5.41) is 34.3. The first-order chi connectivity index (χ1) is 38.7. The lowest BCUT2D eigenvalue weighted by atomic mass is 9.99. The van der Waals surface area contributed by atoms with Crippen LogP contribution in [0.15, 0.2) is 122 Å². The zero-order chi connectivity index (χ0) is 59.0. The molecule has 0 saturated carbocycles. The summed E-state index contributed by atoms with van der Waals surface area (Å²) in [7, 11) is -5.85. The molecule has 2 aliphatic heterocycles. The second-order valence-corrected chi connectivity index (χ2v) is 29.2. The van der Waals surface area contributed by atoms with Crippen molar-refractivity contribution in [2.45, 2.75) is 82.4 Å². The summed E-state index contributed by atoms with van der Waals surface area (Å²) in [5.74, 6) is 0. The highest BCUT2D eigenvalue weighted by Gasteiger charge is 2.46. The normalized spacial score (nSPS) is 16.4. The Kier molecular flexibility index (Phi) is 23.5. The van der Waals surface area contributed by atoms with Crippen LogP contribution in [0.4, 0.5) is 22.7 Å². The van der Waals surface area contributed by atoms with Crippen molar-refractivity contribution in [3.05, 3.63) is 198 Å². The largest absolute Gasteiger partial charge is 0.413 e. The van der Waals surface area contributed by atoms with Crippen LogP contribution in [0.5, 0.6) is 0 Å².